The van der Waals surface area contributed by atoms with Gasteiger partial charge in [-0.2, -0.15) is 5.10 Å². The highest BCUT2D eigenvalue weighted by atomic mass is 16.2. The van der Waals surface area contributed by atoms with Crippen molar-refractivity contribution in [3.05, 3.63) is 47.3 Å². The van der Waals surface area contributed by atoms with Crippen LogP contribution in [-0.4, -0.2) is 21.6 Å². The standard InChI is InChI=1S/C19H22N4O2/c1-11(12-3-5-17-13(7-12)4-6-18(24)22-17)21-19(25)16-8-15(16)14-9-20-23(2)10-14/h3,5,7,9-11,15-16H,4,6,8H2,1-2H3,(H,21,25)(H,22,24)/t11-,15-,16-/m0/s1. The van der Waals surface area contributed by atoms with Crippen LogP contribution in [0.15, 0.2) is 30.6 Å². The van der Waals surface area contributed by atoms with E-state index in [1.54, 1.807) is 4.68 Å². The van der Waals surface area contributed by atoms with Gasteiger partial charge in [0.1, 0.15) is 0 Å². The average molecular weight is 338 g/mol. The van der Waals surface area contributed by atoms with Gasteiger partial charge in [-0.05, 0) is 48.4 Å². The van der Waals surface area contributed by atoms with Crippen LogP contribution in [0.25, 0.3) is 0 Å². The van der Waals surface area contributed by atoms with Crippen molar-refractivity contribution in [1.82, 2.24) is 15.1 Å². The summed E-state index contributed by atoms with van der Waals surface area (Å²) in [4.78, 5) is 24.0. The Hall–Kier alpha value is -2.63. The summed E-state index contributed by atoms with van der Waals surface area (Å²) in [5, 5.41) is 10.2. The quantitative estimate of drug-likeness (QED) is 0.898. The summed E-state index contributed by atoms with van der Waals surface area (Å²) < 4.78 is 1.77. The Kier molecular flexibility index (Phi) is 3.82. The largest absolute Gasteiger partial charge is 0.349 e. The topological polar surface area (TPSA) is 76.0 Å². The molecule has 0 bridgehead atoms. The minimum atomic E-state index is -0.0504. The Balaban J connectivity index is 1.40. The number of nitrogens with zero attached hydrogens (tertiary/aromatic N) is 2. The molecule has 25 heavy (non-hydrogen) atoms. The molecule has 1 aromatic heterocycles. The first-order valence-electron chi connectivity index (χ1n) is 8.73. The van der Waals surface area contributed by atoms with Gasteiger partial charge in [0, 0.05) is 31.3 Å². The number of carbonyl (C=O) groups excluding carboxylic acids is 2. The number of hydrogen-bond acceptors (Lipinski definition) is 3. The molecule has 0 saturated heterocycles. The van der Waals surface area contributed by atoms with Crippen molar-refractivity contribution in [1.29, 1.82) is 0 Å². The highest BCUT2D eigenvalue weighted by molar-refractivity contribution is 5.94. The number of aryl methyl sites for hydroxylation is 2. The molecule has 2 heterocycles. The minimum Gasteiger partial charge on any atom is -0.349 e. The Morgan fingerprint density at radius 1 is 1.40 bits per heavy atom. The highest BCUT2D eigenvalue weighted by Gasteiger charge is 2.44. The number of anilines is 1. The van der Waals surface area contributed by atoms with Gasteiger partial charge >= 0.3 is 0 Å². The fourth-order valence-electron chi connectivity index (χ4n) is 3.56. The second-order valence-electron chi connectivity index (χ2n) is 7.09. The highest BCUT2D eigenvalue weighted by Crippen LogP contribution is 2.47. The predicted molar refractivity (Wildman–Crippen MR) is 94.0 cm³/mol. The molecule has 1 aromatic carbocycles. The summed E-state index contributed by atoms with van der Waals surface area (Å²) in [5.74, 6) is 0.507. The summed E-state index contributed by atoms with van der Waals surface area (Å²) in [6.45, 7) is 2.00. The Morgan fingerprint density at radius 3 is 3.00 bits per heavy atom. The molecule has 0 unspecified atom stereocenters. The van der Waals surface area contributed by atoms with Crippen molar-refractivity contribution in [2.45, 2.75) is 38.1 Å². The molecule has 1 aliphatic heterocycles. The van der Waals surface area contributed by atoms with Gasteiger partial charge < -0.3 is 10.6 Å². The number of aromatic nitrogens is 2. The first-order chi connectivity index (χ1) is 12.0. The Bertz CT molecular complexity index is 842. The first-order valence-corrected chi connectivity index (χ1v) is 8.73. The third-order valence-electron chi connectivity index (χ3n) is 5.16. The summed E-state index contributed by atoms with van der Waals surface area (Å²) in [6, 6.07) is 5.94. The van der Waals surface area contributed by atoms with E-state index in [9.17, 15) is 9.59 Å². The third kappa shape index (κ3) is 3.16. The van der Waals surface area contributed by atoms with Gasteiger partial charge in [-0.3, -0.25) is 14.3 Å². The third-order valence-corrected chi connectivity index (χ3v) is 5.16. The maximum atomic E-state index is 12.5. The lowest BCUT2D eigenvalue weighted by Crippen LogP contribution is -2.28. The predicted octanol–water partition coefficient (Wildman–Crippen LogP) is 2.29. The van der Waals surface area contributed by atoms with Crippen LogP contribution in [0.3, 0.4) is 0 Å². The molecule has 2 aliphatic rings. The number of benzene rings is 1. The number of nitrogens with one attached hydrogen (secondary N) is 2. The van der Waals surface area contributed by atoms with Gasteiger partial charge in [0.05, 0.1) is 12.2 Å². The molecular weight excluding hydrogens is 316 g/mol. The van der Waals surface area contributed by atoms with Gasteiger partial charge in [-0.1, -0.05) is 12.1 Å². The maximum absolute atomic E-state index is 12.5. The zero-order valence-corrected chi connectivity index (χ0v) is 14.5. The lowest BCUT2D eigenvalue weighted by Gasteiger charge is -2.20. The molecule has 4 rings (SSSR count). The Morgan fingerprint density at radius 2 is 2.24 bits per heavy atom. The van der Waals surface area contributed by atoms with Crippen LogP contribution < -0.4 is 10.6 Å². The van der Waals surface area contributed by atoms with Crippen LogP contribution in [0.4, 0.5) is 5.69 Å². The van der Waals surface area contributed by atoms with E-state index in [0.717, 1.165) is 35.2 Å². The molecule has 130 valence electrons. The van der Waals surface area contributed by atoms with E-state index in [1.165, 1.54) is 0 Å². The molecule has 1 aliphatic carbocycles. The van der Waals surface area contributed by atoms with E-state index >= 15 is 0 Å². The van der Waals surface area contributed by atoms with Crippen LogP contribution >= 0.6 is 0 Å². The molecule has 2 aromatic rings. The van der Waals surface area contributed by atoms with Gasteiger partial charge in [0.2, 0.25) is 11.8 Å². The molecule has 0 radical (unpaired) electrons. The van der Waals surface area contributed by atoms with Gasteiger partial charge in [-0.15, -0.1) is 0 Å². The van der Waals surface area contributed by atoms with E-state index in [0.29, 0.717) is 12.3 Å². The lowest BCUT2D eigenvalue weighted by atomic mass is 9.97. The fourth-order valence-corrected chi connectivity index (χ4v) is 3.56. The maximum Gasteiger partial charge on any atom is 0.224 e. The van der Waals surface area contributed by atoms with Crippen LogP contribution in [0, 0.1) is 5.92 Å². The van der Waals surface area contributed by atoms with Gasteiger partial charge in [-0.25, -0.2) is 0 Å². The molecule has 2 amide bonds. The number of fused-ring (bicyclic) bond motifs is 1. The first kappa shape index (κ1) is 15.9. The van der Waals surface area contributed by atoms with Crippen molar-refractivity contribution in [3.8, 4) is 0 Å². The van der Waals surface area contributed by atoms with Crippen molar-refractivity contribution in [2.24, 2.45) is 13.0 Å². The molecule has 6 nitrogen and oxygen atoms in total. The number of rotatable bonds is 4. The van der Waals surface area contributed by atoms with Crippen LogP contribution in [0.2, 0.25) is 0 Å². The number of amides is 2. The van der Waals surface area contributed by atoms with Crippen LogP contribution in [0.5, 0.6) is 0 Å². The average Bonchev–Trinajstić information content (AvgIpc) is 3.28. The zero-order chi connectivity index (χ0) is 17.6. The fraction of sp³-hybridized carbons (Fsp3) is 0.421. The smallest absolute Gasteiger partial charge is 0.224 e. The lowest BCUT2D eigenvalue weighted by molar-refractivity contribution is -0.123. The van der Waals surface area contributed by atoms with E-state index in [4.69, 9.17) is 0 Å². The molecule has 1 fully saturated rings. The number of hydrogen-bond donors (Lipinski definition) is 2. The monoisotopic (exact) mass is 338 g/mol. The molecule has 6 heteroatoms. The summed E-state index contributed by atoms with van der Waals surface area (Å²) >= 11 is 0. The zero-order valence-electron chi connectivity index (χ0n) is 14.5. The van der Waals surface area contributed by atoms with Crippen molar-refractivity contribution in [2.75, 3.05) is 5.32 Å². The molecule has 0 spiro atoms. The second kappa shape index (κ2) is 6.02. The summed E-state index contributed by atoms with van der Waals surface area (Å²) in [5.41, 5.74) is 4.23. The van der Waals surface area contributed by atoms with Crippen molar-refractivity contribution in [3.63, 3.8) is 0 Å². The summed E-state index contributed by atoms with van der Waals surface area (Å²) in [6.07, 6.45) is 5.99. The van der Waals surface area contributed by atoms with E-state index < -0.39 is 0 Å². The van der Waals surface area contributed by atoms with Crippen molar-refractivity contribution >= 4 is 17.5 Å². The molecule has 1 saturated carbocycles. The molecular formula is C19H22N4O2. The van der Waals surface area contributed by atoms with E-state index in [2.05, 4.69) is 21.8 Å². The SMILES string of the molecule is C[C@H](NC(=O)[C@H]1C[C@H]1c1cnn(C)c1)c1ccc2c(c1)CCC(=O)N2. The van der Waals surface area contributed by atoms with Crippen LogP contribution in [-0.2, 0) is 23.1 Å². The van der Waals surface area contributed by atoms with Crippen molar-refractivity contribution < 1.29 is 9.59 Å². The number of carbonyl (C=O) groups is 2. The molecule has 2 N–H and O–H groups in total. The minimum absolute atomic E-state index is 0.0450. The van der Waals surface area contributed by atoms with Gasteiger partial charge in [0.25, 0.3) is 0 Å². The van der Waals surface area contributed by atoms with E-state index in [1.807, 2.05) is 38.5 Å². The second-order valence-corrected chi connectivity index (χ2v) is 7.09. The normalized spacial score (nSPS) is 22.7. The summed E-state index contributed by atoms with van der Waals surface area (Å²) in [7, 11) is 1.89. The molecule has 3 atom stereocenters. The van der Waals surface area contributed by atoms with E-state index in [-0.39, 0.29) is 23.8 Å². The van der Waals surface area contributed by atoms with Gasteiger partial charge in [0.15, 0.2) is 0 Å². The Labute approximate surface area is 146 Å². The van der Waals surface area contributed by atoms with Crippen LogP contribution in [0.1, 0.15) is 48.4 Å².